The third kappa shape index (κ3) is 2.42. The van der Waals surface area contributed by atoms with E-state index in [1.54, 1.807) is 18.0 Å². The van der Waals surface area contributed by atoms with Crippen molar-refractivity contribution in [3.63, 3.8) is 0 Å². The van der Waals surface area contributed by atoms with Crippen LogP contribution in [-0.2, 0) is 0 Å². The lowest BCUT2D eigenvalue weighted by atomic mass is 10.1. The first-order valence-electron chi connectivity index (χ1n) is 5.48. The SMILES string of the molecule is CC(C)Sc1c(C(=N)N)cnc2ccccc12. The van der Waals surface area contributed by atoms with Gasteiger partial charge in [0.05, 0.1) is 5.52 Å². The molecule has 17 heavy (non-hydrogen) atoms. The topological polar surface area (TPSA) is 62.8 Å². The first kappa shape index (κ1) is 11.9. The van der Waals surface area contributed by atoms with Crippen molar-refractivity contribution in [2.75, 3.05) is 0 Å². The van der Waals surface area contributed by atoms with Crippen LogP contribution >= 0.6 is 11.8 Å². The molecule has 88 valence electrons. The Morgan fingerprint density at radius 3 is 2.71 bits per heavy atom. The number of nitrogens with zero attached hydrogens (tertiary/aromatic N) is 1. The molecule has 1 aromatic heterocycles. The lowest BCUT2D eigenvalue weighted by Crippen LogP contribution is -2.13. The van der Waals surface area contributed by atoms with E-state index in [9.17, 15) is 0 Å². The minimum atomic E-state index is 0.0754. The fraction of sp³-hybridized carbons (Fsp3) is 0.231. The highest BCUT2D eigenvalue weighted by atomic mass is 32.2. The van der Waals surface area contributed by atoms with Gasteiger partial charge in [0.15, 0.2) is 0 Å². The quantitative estimate of drug-likeness (QED) is 0.496. The molecule has 0 amide bonds. The summed E-state index contributed by atoms with van der Waals surface area (Å²) in [4.78, 5) is 5.39. The number of rotatable bonds is 3. The van der Waals surface area contributed by atoms with E-state index >= 15 is 0 Å². The van der Waals surface area contributed by atoms with Crippen LogP contribution in [0.5, 0.6) is 0 Å². The molecule has 0 fully saturated rings. The number of pyridine rings is 1. The fourth-order valence-corrected chi connectivity index (χ4v) is 2.73. The van der Waals surface area contributed by atoms with Crippen molar-refractivity contribution in [3.8, 4) is 0 Å². The molecule has 0 radical (unpaired) electrons. The van der Waals surface area contributed by atoms with Crippen molar-refractivity contribution in [3.05, 3.63) is 36.0 Å². The van der Waals surface area contributed by atoms with E-state index in [-0.39, 0.29) is 5.84 Å². The molecule has 2 aromatic rings. The molecule has 0 atom stereocenters. The second kappa shape index (κ2) is 4.75. The van der Waals surface area contributed by atoms with Crippen molar-refractivity contribution in [1.29, 1.82) is 5.41 Å². The molecule has 0 bridgehead atoms. The molecular weight excluding hydrogens is 230 g/mol. The van der Waals surface area contributed by atoms with Gasteiger partial charge in [-0.1, -0.05) is 32.0 Å². The van der Waals surface area contributed by atoms with Crippen molar-refractivity contribution < 1.29 is 0 Å². The summed E-state index contributed by atoms with van der Waals surface area (Å²) in [5, 5.41) is 9.13. The molecule has 3 nitrogen and oxygen atoms in total. The Hall–Kier alpha value is -1.55. The number of aromatic nitrogens is 1. The highest BCUT2D eigenvalue weighted by Gasteiger charge is 2.12. The van der Waals surface area contributed by atoms with Gasteiger partial charge in [-0.15, -0.1) is 11.8 Å². The first-order valence-corrected chi connectivity index (χ1v) is 6.36. The zero-order valence-electron chi connectivity index (χ0n) is 9.90. The number of para-hydroxylation sites is 1. The second-order valence-corrected chi connectivity index (χ2v) is 5.69. The molecule has 0 saturated carbocycles. The van der Waals surface area contributed by atoms with Crippen LogP contribution in [0.2, 0.25) is 0 Å². The third-order valence-corrected chi connectivity index (χ3v) is 3.52. The highest BCUT2D eigenvalue weighted by molar-refractivity contribution is 8.00. The van der Waals surface area contributed by atoms with Crippen molar-refractivity contribution in [2.45, 2.75) is 24.0 Å². The average Bonchev–Trinajstić information content (AvgIpc) is 2.28. The van der Waals surface area contributed by atoms with E-state index < -0.39 is 0 Å². The number of benzene rings is 1. The van der Waals surface area contributed by atoms with Gasteiger partial charge in [-0.05, 0) is 6.07 Å². The van der Waals surface area contributed by atoms with Crippen LogP contribution in [0.1, 0.15) is 19.4 Å². The van der Waals surface area contributed by atoms with Gasteiger partial charge >= 0.3 is 0 Å². The zero-order chi connectivity index (χ0) is 12.4. The van der Waals surface area contributed by atoms with Crippen molar-refractivity contribution in [2.24, 2.45) is 5.73 Å². The van der Waals surface area contributed by atoms with Gasteiger partial charge in [0, 0.05) is 27.3 Å². The Bertz CT molecular complexity index is 564. The molecule has 4 heteroatoms. The molecule has 0 aliphatic rings. The summed E-state index contributed by atoms with van der Waals surface area (Å²) in [5.74, 6) is 0.0754. The van der Waals surface area contributed by atoms with Gasteiger partial charge in [0.2, 0.25) is 0 Å². The zero-order valence-corrected chi connectivity index (χ0v) is 10.7. The number of amidine groups is 1. The maximum absolute atomic E-state index is 7.62. The summed E-state index contributed by atoms with van der Waals surface area (Å²) in [6.07, 6.45) is 1.69. The normalized spacial score (nSPS) is 11.0. The molecule has 0 saturated heterocycles. The summed E-state index contributed by atoms with van der Waals surface area (Å²) < 4.78 is 0. The number of nitrogens with two attached hydrogens (primary N) is 1. The van der Waals surface area contributed by atoms with Crippen LogP contribution in [0.3, 0.4) is 0 Å². The monoisotopic (exact) mass is 245 g/mol. The molecule has 0 aliphatic heterocycles. The van der Waals surface area contributed by atoms with E-state index in [2.05, 4.69) is 18.8 Å². The summed E-state index contributed by atoms with van der Waals surface area (Å²) in [6.45, 7) is 4.26. The third-order valence-electron chi connectivity index (χ3n) is 2.37. The fourth-order valence-electron chi connectivity index (χ4n) is 1.67. The molecule has 2 rings (SSSR count). The summed E-state index contributed by atoms with van der Waals surface area (Å²) in [5.41, 5.74) is 7.28. The number of nitrogens with one attached hydrogen (secondary N) is 1. The standard InChI is InChI=1S/C13H15N3S/c1-8(2)17-12-9-5-3-4-6-11(9)16-7-10(12)13(14)15/h3-8H,1-2H3,(H3,14,15). The maximum atomic E-state index is 7.62. The summed E-state index contributed by atoms with van der Waals surface area (Å²) in [7, 11) is 0. The first-order chi connectivity index (χ1) is 8.09. The number of thioether (sulfide) groups is 1. The Kier molecular flexibility index (Phi) is 3.33. The van der Waals surface area contributed by atoms with Crippen LogP contribution in [0.25, 0.3) is 10.9 Å². The van der Waals surface area contributed by atoms with Gasteiger partial charge in [-0.2, -0.15) is 0 Å². The van der Waals surface area contributed by atoms with Crippen LogP contribution < -0.4 is 5.73 Å². The van der Waals surface area contributed by atoms with Crippen molar-refractivity contribution >= 4 is 28.5 Å². The molecule has 1 aromatic carbocycles. The van der Waals surface area contributed by atoms with E-state index in [1.807, 2.05) is 24.3 Å². The van der Waals surface area contributed by atoms with E-state index in [0.29, 0.717) is 5.25 Å². The summed E-state index contributed by atoms with van der Waals surface area (Å²) in [6, 6.07) is 7.95. The molecule has 3 N–H and O–H groups in total. The van der Waals surface area contributed by atoms with Gasteiger partial charge in [-0.25, -0.2) is 0 Å². The van der Waals surface area contributed by atoms with Gasteiger partial charge in [0.1, 0.15) is 5.84 Å². The second-order valence-electron chi connectivity index (χ2n) is 4.10. The Labute approximate surface area is 105 Å². The molecule has 0 unspecified atom stereocenters. The largest absolute Gasteiger partial charge is 0.384 e. The Morgan fingerprint density at radius 2 is 2.06 bits per heavy atom. The highest BCUT2D eigenvalue weighted by Crippen LogP contribution is 2.32. The Morgan fingerprint density at radius 1 is 1.35 bits per heavy atom. The van der Waals surface area contributed by atoms with Gasteiger partial charge in [0.25, 0.3) is 0 Å². The minimum Gasteiger partial charge on any atom is -0.384 e. The lowest BCUT2D eigenvalue weighted by Gasteiger charge is -2.12. The molecule has 1 heterocycles. The predicted molar refractivity (Wildman–Crippen MR) is 73.8 cm³/mol. The predicted octanol–water partition coefficient (Wildman–Crippen LogP) is 3.02. The van der Waals surface area contributed by atoms with E-state index in [0.717, 1.165) is 21.4 Å². The van der Waals surface area contributed by atoms with E-state index in [1.165, 1.54) is 0 Å². The maximum Gasteiger partial charge on any atom is 0.125 e. The van der Waals surface area contributed by atoms with Crippen LogP contribution in [-0.4, -0.2) is 16.1 Å². The Balaban J connectivity index is 2.70. The molecule has 0 aliphatic carbocycles. The smallest absolute Gasteiger partial charge is 0.125 e. The molecular formula is C13H15N3S. The van der Waals surface area contributed by atoms with Crippen molar-refractivity contribution in [1.82, 2.24) is 4.98 Å². The van der Waals surface area contributed by atoms with Gasteiger partial charge < -0.3 is 5.73 Å². The van der Waals surface area contributed by atoms with E-state index in [4.69, 9.17) is 11.1 Å². The molecule has 0 spiro atoms. The van der Waals surface area contributed by atoms with Crippen LogP contribution in [0, 0.1) is 5.41 Å². The van der Waals surface area contributed by atoms with Gasteiger partial charge in [-0.3, -0.25) is 10.4 Å². The number of nitrogen functional groups attached to an aromatic ring is 1. The van der Waals surface area contributed by atoms with Crippen LogP contribution in [0.15, 0.2) is 35.4 Å². The minimum absolute atomic E-state index is 0.0754. The number of hydrogen-bond donors (Lipinski definition) is 2. The van der Waals surface area contributed by atoms with Crippen LogP contribution in [0.4, 0.5) is 0 Å². The summed E-state index contributed by atoms with van der Waals surface area (Å²) >= 11 is 1.72. The lowest BCUT2D eigenvalue weighted by molar-refractivity contribution is 1.11. The number of hydrogen-bond acceptors (Lipinski definition) is 3. The number of fused-ring (bicyclic) bond motifs is 1. The average molecular weight is 245 g/mol.